The topological polar surface area (TPSA) is 70.8 Å². The predicted octanol–water partition coefficient (Wildman–Crippen LogP) is -1.76. The Morgan fingerprint density at radius 2 is 2.07 bits per heavy atom. The van der Waals surface area contributed by atoms with Crippen molar-refractivity contribution in [3.8, 4) is 0 Å². The number of hydrogen-bond acceptors (Lipinski definition) is 6. The van der Waals surface area contributed by atoms with Crippen LogP contribution in [0.25, 0.3) is 0 Å². The van der Waals surface area contributed by atoms with Crippen molar-refractivity contribution in [2.75, 3.05) is 46.9 Å². The van der Waals surface area contributed by atoms with Crippen molar-refractivity contribution in [2.45, 2.75) is 6.04 Å². The summed E-state index contributed by atoms with van der Waals surface area (Å²) in [6.45, 7) is 4.02. The SMILES string of the molecule is COC(=O)C(CN)NN1CCN(C)CC1. The molecule has 1 fully saturated rings. The lowest BCUT2D eigenvalue weighted by molar-refractivity contribution is -0.144. The Morgan fingerprint density at radius 3 is 2.53 bits per heavy atom. The van der Waals surface area contributed by atoms with Crippen LogP contribution in [0.1, 0.15) is 0 Å². The molecule has 1 saturated heterocycles. The van der Waals surface area contributed by atoms with Gasteiger partial charge in [0.05, 0.1) is 7.11 Å². The summed E-state index contributed by atoms with van der Waals surface area (Å²) in [5, 5.41) is 2.02. The van der Waals surface area contributed by atoms with Gasteiger partial charge in [0.15, 0.2) is 0 Å². The average Bonchev–Trinajstić information content (AvgIpc) is 2.27. The third-order valence-corrected chi connectivity index (χ3v) is 2.56. The standard InChI is InChI=1S/C9H20N4O2/c1-12-3-5-13(6-4-12)11-8(7-10)9(14)15-2/h8,11H,3-7,10H2,1-2H3. The summed E-state index contributed by atoms with van der Waals surface area (Å²) in [5.41, 5.74) is 8.58. The molecule has 1 heterocycles. The quantitative estimate of drug-likeness (QED) is 0.542. The predicted molar refractivity (Wildman–Crippen MR) is 57.1 cm³/mol. The number of carbonyl (C=O) groups excluding carboxylic acids is 1. The lowest BCUT2D eigenvalue weighted by atomic mass is 10.3. The van der Waals surface area contributed by atoms with Crippen molar-refractivity contribution in [1.29, 1.82) is 0 Å². The van der Waals surface area contributed by atoms with E-state index in [-0.39, 0.29) is 12.5 Å². The minimum Gasteiger partial charge on any atom is -0.468 e. The molecule has 15 heavy (non-hydrogen) atoms. The number of likely N-dealkylation sites (N-methyl/N-ethyl adjacent to an activating group) is 1. The van der Waals surface area contributed by atoms with Crippen molar-refractivity contribution < 1.29 is 9.53 Å². The number of hydrazine groups is 1. The molecule has 0 bridgehead atoms. The molecule has 6 heteroatoms. The normalized spacial score (nSPS) is 21.3. The summed E-state index contributed by atoms with van der Waals surface area (Å²) in [6, 6.07) is -0.432. The van der Waals surface area contributed by atoms with E-state index in [1.165, 1.54) is 7.11 Å². The summed E-state index contributed by atoms with van der Waals surface area (Å²) < 4.78 is 4.65. The van der Waals surface area contributed by atoms with E-state index in [9.17, 15) is 4.79 Å². The molecule has 1 unspecified atom stereocenters. The first-order chi connectivity index (χ1) is 7.17. The third kappa shape index (κ3) is 3.75. The van der Waals surface area contributed by atoms with Gasteiger partial charge in [-0.25, -0.2) is 10.4 Å². The molecule has 0 aromatic heterocycles. The molecule has 88 valence electrons. The molecule has 0 saturated carbocycles. The zero-order valence-corrected chi connectivity index (χ0v) is 9.40. The van der Waals surface area contributed by atoms with E-state index in [4.69, 9.17) is 5.73 Å². The maximum atomic E-state index is 11.3. The highest BCUT2D eigenvalue weighted by atomic mass is 16.5. The first kappa shape index (κ1) is 12.4. The van der Waals surface area contributed by atoms with Crippen LogP contribution in [0.3, 0.4) is 0 Å². The van der Waals surface area contributed by atoms with Crippen molar-refractivity contribution in [2.24, 2.45) is 5.73 Å². The summed E-state index contributed by atoms with van der Waals surface area (Å²) >= 11 is 0. The minimum atomic E-state index is -0.432. The third-order valence-electron chi connectivity index (χ3n) is 2.56. The fourth-order valence-electron chi connectivity index (χ4n) is 1.50. The summed E-state index contributed by atoms with van der Waals surface area (Å²) in [4.78, 5) is 13.5. The highest BCUT2D eigenvalue weighted by Gasteiger charge is 2.22. The van der Waals surface area contributed by atoms with Crippen molar-refractivity contribution in [1.82, 2.24) is 15.3 Å². The van der Waals surface area contributed by atoms with Gasteiger partial charge in [0.1, 0.15) is 6.04 Å². The molecule has 0 aromatic rings. The number of nitrogens with two attached hydrogens (primary N) is 1. The van der Waals surface area contributed by atoms with Crippen LogP contribution < -0.4 is 11.2 Å². The molecule has 1 aliphatic rings. The van der Waals surface area contributed by atoms with Gasteiger partial charge in [-0.2, -0.15) is 0 Å². The van der Waals surface area contributed by atoms with Crippen LogP contribution in [0.15, 0.2) is 0 Å². The van der Waals surface area contributed by atoms with E-state index in [1.807, 2.05) is 5.01 Å². The Morgan fingerprint density at radius 1 is 1.47 bits per heavy atom. The number of nitrogens with zero attached hydrogens (tertiary/aromatic N) is 2. The second-order valence-electron chi connectivity index (χ2n) is 3.73. The first-order valence-corrected chi connectivity index (χ1v) is 5.15. The number of hydrogen-bond donors (Lipinski definition) is 2. The van der Waals surface area contributed by atoms with Crippen LogP contribution in [0.2, 0.25) is 0 Å². The van der Waals surface area contributed by atoms with Gasteiger partial charge in [0.25, 0.3) is 0 Å². The van der Waals surface area contributed by atoms with E-state index >= 15 is 0 Å². The summed E-state index contributed by atoms with van der Waals surface area (Å²) in [6.07, 6.45) is 0. The van der Waals surface area contributed by atoms with E-state index in [0.717, 1.165) is 26.2 Å². The molecule has 0 amide bonds. The maximum absolute atomic E-state index is 11.3. The molecule has 0 radical (unpaired) electrons. The zero-order valence-electron chi connectivity index (χ0n) is 9.40. The summed E-state index contributed by atoms with van der Waals surface area (Å²) in [5.74, 6) is -0.309. The van der Waals surface area contributed by atoms with Gasteiger partial charge in [-0.1, -0.05) is 0 Å². The first-order valence-electron chi connectivity index (χ1n) is 5.15. The molecule has 1 rings (SSSR count). The number of piperazine rings is 1. The molecule has 0 spiro atoms. The van der Waals surface area contributed by atoms with E-state index in [0.29, 0.717) is 0 Å². The molecule has 0 aliphatic carbocycles. The molecular weight excluding hydrogens is 196 g/mol. The van der Waals surface area contributed by atoms with Gasteiger partial charge in [-0.15, -0.1) is 0 Å². The number of esters is 1. The molecule has 6 nitrogen and oxygen atoms in total. The fraction of sp³-hybridized carbons (Fsp3) is 0.889. The van der Waals surface area contributed by atoms with Crippen LogP contribution in [-0.2, 0) is 9.53 Å². The van der Waals surface area contributed by atoms with E-state index in [2.05, 4.69) is 22.1 Å². The van der Waals surface area contributed by atoms with E-state index < -0.39 is 6.04 Å². The van der Waals surface area contributed by atoms with Crippen LogP contribution >= 0.6 is 0 Å². The lowest BCUT2D eigenvalue weighted by Gasteiger charge is -2.34. The van der Waals surface area contributed by atoms with Crippen molar-refractivity contribution in [3.05, 3.63) is 0 Å². The Hall–Kier alpha value is -0.690. The lowest BCUT2D eigenvalue weighted by Crippen LogP contribution is -2.57. The van der Waals surface area contributed by atoms with Crippen LogP contribution in [-0.4, -0.2) is 68.8 Å². The van der Waals surface area contributed by atoms with Gasteiger partial charge in [0.2, 0.25) is 0 Å². The molecule has 3 N–H and O–H groups in total. The highest BCUT2D eigenvalue weighted by molar-refractivity contribution is 5.75. The van der Waals surface area contributed by atoms with Gasteiger partial charge < -0.3 is 15.4 Å². The highest BCUT2D eigenvalue weighted by Crippen LogP contribution is 1.97. The van der Waals surface area contributed by atoms with Gasteiger partial charge in [-0.3, -0.25) is 4.79 Å². The largest absolute Gasteiger partial charge is 0.468 e. The molecule has 0 aromatic carbocycles. The second kappa shape index (κ2) is 6.02. The molecule has 1 aliphatic heterocycles. The average molecular weight is 216 g/mol. The molecule has 1 atom stereocenters. The minimum absolute atomic E-state index is 0.249. The number of rotatable bonds is 4. The van der Waals surface area contributed by atoms with Crippen LogP contribution in [0.4, 0.5) is 0 Å². The monoisotopic (exact) mass is 216 g/mol. The number of methoxy groups -OCH3 is 1. The van der Waals surface area contributed by atoms with Crippen molar-refractivity contribution in [3.63, 3.8) is 0 Å². The maximum Gasteiger partial charge on any atom is 0.325 e. The fourth-order valence-corrected chi connectivity index (χ4v) is 1.50. The summed E-state index contributed by atoms with van der Waals surface area (Å²) in [7, 11) is 3.45. The van der Waals surface area contributed by atoms with Crippen LogP contribution in [0, 0.1) is 0 Å². The van der Waals surface area contributed by atoms with Crippen molar-refractivity contribution >= 4 is 5.97 Å². The van der Waals surface area contributed by atoms with Gasteiger partial charge in [0, 0.05) is 32.7 Å². The molecular formula is C9H20N4O2. The number of nitrogens with one attached hydrogen (secondary N) is 1. The van der Waals surface area contributed by atoms with E-state index in [1.54, 1.807) is 0 Å². The Bertz CT molecular complexity index is 204. The number of ether oxygens (including phenoxy) is 1. The second-order valence-corrected chi connectivity index (χ2v) is 3.73. The van der Waals surface area contributed by atoms with Crippen LogP contribution in [0.5, 0.6) is 0 Å². The Labute approximate surface area is 90.3 Å². The Balaban J connectivity index is 2.35. The number of carbonyl (C=O) groups is 1. The zero-order chi connectivity index (χ0) is 11.3. The van der Waals surface area contributed by atoms with Gasteiger partial charge >= 0.3 is 5.97 Å². The van der Waals surface area contributed by atoms with Gasteiger partial charge in [-0.05, 0) is 7.05 Å². The smallest absolute Gasteiger partial charge is 0.325 e. The Kier molecular flexibility index (Phi) is 4.97.